The van der Waals surface area contributed by atoms with Crippen LogP contribution >= 0.6 is 0 Å². The van der Waals surface area contributed by atoms with Crippen LogP contribution in [0.25, 0.3) is 22.3 Å². The summed E-state index contributed by atoms with van der Waals surface area (Å²) < 4.78 is 1.85. The fourth-order valence-electron chi connectivity index (χ4n) is 5.13. The smallest absolute Gasteiger partial charge is 0.258 e. The van der Waals surface area contributed by atoms with Gasteiger partial charge in [0.1, 0.15) is 17.8 Å². The number of nitrogens with zero attached hydrogens (tertiary/aromatic N) is 6. The standard InChI is InChI=1S/C30H33N7O2/c1-5-25(38)36-15-7-10-24(17-36)37-29-26(28(31)32-18-33-29)27(34-37)21-8-6-9-22(16-21)30(39)35(4)23-13-11-20(12-14-23)19(2)3/h5-6,8-9,11-14,16,18-19,24H,1,7,10,15,17H2,2-4H3,(H2,31,32,33)/t24-/m1/s1. The number of nitrogen functional groups attached to an aromatic ring is 1. The van der Waals surface area contributed by atoms with E-state index in [1.165, 1.54) is 18.0 Å². The molecule has 0 bridgehead atoms. The third kappa shape index (κ3) is 4.99. The van der Waals surface area contributed by atoms with Crippen molar-refractivity contribution in [3.8, 4) is 11.3 Å². The minimum absolute atomic E-state index is 0.0713. The maximum absolute atomic E-state index is 13.5. The Balaban J connectivity index is 1.50. The van der Waals surface area contributed by atoms with Crippen LogP contribution in [0.2, 0.25) is 0 Å². The Labute approximate surface area is 228 Å². The van der Waals surface area contributed by atoms with Crippen LogP contribution in [-0.4, -0.2) is 56.6 Å². The van der Waals surface area contributed by atoms with Crippen LogP contribution in [0, 0.1) is 0 Å². The Morgan fingerprint density at radius 3 is 2.64 bits per heavy atom. The van der Waals surface area contributed by atoms with Crippen LogP contribution in [-0.2, 0) is 4.79 Å². The lowest BCUT2D eigenvalue weighted by Crippen LogP contribution is -2.40. The van der Waals surface area contributed by atoms with Crippen molar-refractivity contribution >= 4 is 34.4 Å². The minimum atomic E-state index is -0.132. The zero-order valence-electron chi connectivity index (χ0n) is 22.5. The molecule has 200 valence electrons. The number of aromatic nitrogens is 4. The number of carbonyl (C=O) groups is 2. The summed E-state index contributed by atoms with van der Waals surface area (Å²) in [5.41, 5.74) is 10.9. The lowest BCUT2D eigenvalue weighted by molar-refractivity contribution is -0.127. The molecule has 2 aromatic heterocycles. The number of piperidine rings is 1. The van der Waals surface area contributed by atoms with Crippen molar-refractivity contribution in [2.24, 2.45) is 0 Å². The Morgan fingerprint density at radius 1 is 1.15 bits per heavy atom. The molecule has 1 atom stereocenters. The van der Waals surface area contributed by atoms with E-state index < -0.39 is 0 Å². The number of fused-ring (bicyclic) bond motifs is 1. The van der Waals surface area contributed by atoms with E-state index in [0.29, 0.717) is 47.1 Å². The predicted octanol–water partition coefficient (Wildman–Crippen LogP) is 4.83. The highest BCUT2D eigenvalue weighted by Crippen LogP contribution is 2.34. The normalized spacial score (nSPS) is 15.5. The van der Waals surface area contributed by atoms with E-state index in [0.717, 1.165) is 24.1 Å². The molecule has 4 aromatic rings. The van der Waals surface area contributed by atoms with Crippen LogP contribution < -0.4 is 10.6 Å². The van der Waals surface area contributed by atoms with Gasteiger partial charge in [0.25, 0.3) is 5.91 Å². The average molecular weight is 524 g/mol. The molecule has 1 aliphatic rings. The molecule has 9 heteroatoms. The van der Waals surface area contributed by atoms with E-state index in [9.17, 15) is 9.59 Å². The molecule has 0 saturated carbocycles. The lowest BCUT2D eigenvalue weighted by atomic mass is 10.0. The molecule has 0 unspecified atom stereocenters. The first-order chi connectivity index (χ1) is 18.8. The summed E-state index contributed by atoms with van der Waals surface area (Å²) in [6.45, 7) is 9.09. The molecule has 5 rings (SSSR count). The van der Waals surface area contributed by atoms with Gasteiger partial charge in [0.05, 0.1) is 11.4 Å². The van der Waals surface area contributed by atoms with Gasteiger partial charge < -0.3 is 15.5 Å². The van der Waals surface area contributed by atoms with Gasteiger partial charge in [-0.3, -0.25) is 9.59 Å². The van der Waals surface area contributed by atoms with Crippen LogP contribution in [0.15, 0.2) is 67.5 Å². The van der Waals surface area contributed by atoms with Gasteiger partial charge in [-0.25, -0.2) is 14.6 Å². The van der Waals surface area contributed by atoms with Gasteiger partial charge >= 0.3 is 0 Å². The van der Waals surface area contributed by atoms with Crippen LogP contribution in [0.3, 0.4) is 0 Å². The van der Waals surface area contributed by atoms with Crippen molar-refractivity contribution in [1.29, 1.82) is 0 Å². The molecular weight excluding hydrogens is 490 g/mol. The number of nitrogens with two attached hydrogens (primary N) is 1. The van der Waals surface area contributed by atoms with Crippen molar-refractivity contribution in [2.75, 3.05) is 30.8 Å². The fourth-order valence-corrected chi connectivity index (χ4v) is 5.13. The van der Waals surface area contributed by atoms with Crippen molar-refractivity contribution < 1.29 is 9.59 Å². The Bertz CT molecular complexity index is 1540. The molecule has 0 aliphatic carbocycles. The highest BCUT2D eigenvalue weighted by Gasteiger charge is 2.28. The maximum atomic E-state index is 13.5. The van der Waals surface area contributed by atoms with Crippen LogP contribution in [0.4, 0.5) is 11.5 Å². The Morgan fingerprint density at radius 2 is 1.92 bits per heavy atom. The Kier molecular flexibility index (Phi) is 7.15. The summed E-state index contributed by atoms with van der Waals surface area (Å²) in [5.74, 6) is 0.504. The first-order valence-electron chi connectivity index (χ1n) is 13.2. The first kappa shape index (κ1) is 26.1. The zero-order chi connectivity index (χ0) is 27.7. The van der Waals surface area contributed by atoms with E-state index in [4.69, 9.17) is 10.8 Å². The summed E-state index contributed by atoms with van der Waals surface area (Å²) in [4.78, 5) is 37.9. The molecule has 1 aliphatic heterocycles. The van der Waals surface area contributed by atoms with Crippen molar-refractivity contribution in [3.63, 3.8) is 0 Å². The second-order valence-electron chi connectivity index (χ2n) is 10.2. The van der Waals surface area contributed by atoms with Gasteiger partial charge in [0, 0.05) is 37.0 Å². The number of hydrogen-bond acceptors (Lipinski definition) is 6. The highest BCUT2D eigenvalue weighted by molar-refractivity contribution is 6.07. The molecule has 3 heterocycles. The first-order valence-corrected chi connectivity index (χ1v) is 13.2. The number of likely N-dealkylation sites (tertiary alicyclic amines) is 1. The minimum Gasteiger partial charge on any atom is -0.383 e. The monoisotopic (exact) mass is 523 g/mol. The summed E-state index contributed by atoms with van der Waals surface area (Å²) >= 11 is 0. The molecular formula is C30H33N7O2. The average Bonchev–Trinajstić information content (AvgIpc) is 3.37. The Hall–Kier alpha value is -4.53. The maximum Gasteiger partial charge on any atom is 0.258 e. The summed E-state index contributed by atoms with van der Waals surface area (Å²) in [7, 11) is 1.77. The molecule has 2 N–H and O–H groups in total. The van der Waals surface area contributed by atoms with Gasteiger partial charge in [-0.15, -0.1) is 0 Å². The van der Waals surface area contributed by atoms with Gasteiger partial charge in [-0.1, -0.05) is 44.7 Å². The second kappa shape index (κ2) is 10.7. The summed E-state index contributed by atoms with van der Waals surface area (Å²) in [5, 5.41) is 5.57. The van der Waals surface area contributed by atoms with E-state index in [2.05, 4.69) is 42.5 Å². The van der Waals surface area contributed by atoms with E-state index in [1.54, 1.807) is 22.9 Å². The quantitative estimate of drug-likeness (QED) is 0.363. The number of hydrogen-bond donors (Lipinski definition) is 1. The third-order valence-electron chi connectivity index (χ3n) is 7.38. The number of carbonyl (C=O) groups excluding carboxylic acids is 2. The highest BCUT2D eigenvalue weighted by atomic mass is 16.2. The molecule has 1 fully saturated rings. The van der Waals surface area contributed by atoms with Crippen LogP contribution in [0.1, 0.15) is 54.6 Å². The molecule has 39 heavy (non-hydrogen) atoms. The number of amides is 2. The van der Waals surface area contributed by atoms with Crippen molar-refractivity contribution in [2.45, 2.75) is 38.6 Å². The third-order valence-corrected chi connectivity index (χ3v) is 7.38. The molecule has 2 amide bonds. The number of benzene rings is 2. The van der Waals surface area contributed by atoms with E-state index in [-0.39, 0.29) is 17.9 Å². The van der Waals surface area contributed by atoms with Gasteiger partial charge in [0.2, 0.25) is 5.91 Å². The predicted molar refractivity (Wildman–Crippen MR) is 153 cm³/mol. The van der Waals surface area contributed by atoms with Crippen LogP contribution in [0.5, 0.6) is 0 Å². The van der Waals surface area contributed by atoms with Gasteiger partial charge in [-0.2, -0.15) is 5.10 Å². The molecule has 2 aromatic carbocycles. The fraction of sp³-hybridized carbons (Fsp3) is 0.300. The van der Waals surface area contributed by atoms with Gasteiger partial charge in [-0.05, 0) is 54.7 Å². The largest absolute Gasteiger partial charge is 0.383 e. The van der Waals surface area contributed by atoms with E-state index in [1.807, 2.05) is 35.0 Å². The zero-order valence-corrected chi connectivity index (χ0v) is 22.5. The molecule has 0 radical (unpaired) electrons. The van der Waals surface area contributed by atoms with Gasteiger partial charge in [0.15, 0.2) is 5.65 Å². The molecule has 9 nitrogen and oxygen atoms in total. The van der Waals surface area contributed by atoms with Crippen molar-refractivity contribution in [3.05, 3.63) is 78.6 Å². The van der Waals surface area contributed by atoms with Crippen molar-refractivity contribution in [1.82, 2.24) is 24.6 Å². The second-order valence-corrected chi connectivity index (χ2v) is 10.2. The summed E-state index contributed by atoms with van der Waals surface area (Å²) in [6.07, 6.45) is 4.46. The summed E-state index contributed by atoms with van der Waals surface area (Å²) in [6, 6.07) is 15.3. The topological polar surface area (TPSA) is 110 Å². The number of anilines is 2. The molecule has 1 saturated heterocycles. The number of rotatable bonds is 6. The SMILES string of the molecule is C=CC(=O)N1CCC[C@@H](n2nc(-c3cccc(C(=O)N(C)c4ccc(C(C)C)cc4)c3)c3c(N)ncnc32)C1. The molecule has 0 spiro atoms. The lowest BCUT2D eigenvalue weighted by Gasteiger charge is -2.32. The van der Waals surface area contributed by atoms with E-state index >= 15 is 0 Å².